The Kier molecular flexibility index (Phi) is 5.39. The van der Waals surface area contributed by atoms with Gasteiger partial charge < -0.3 is 19.5 Å². The molecule has 2 unspecified atom stereocenters. The van der Waals surface area contributed by atoms with Gasteiger partial charge in [-0.2, -0.15) is 0 Å². The summed E-state index contributed by atoms with van der Waals surface area (Å²) in [5.74, 6) is 0.595. The van der Waals surface area contributed by atoms with Crippen molar-refractivity contribution < 1.29 is 14.3 Å². The molecule has 1 fully saturated rings. The van der Waals surface area contributed by atoms with Crippen molar-refractivity contribution >= 4 is 28.7 Å². The van der Waals surface area contributed by atoms with Gasteiger partial charge in [0.05, 0.1) is 18.0 Å². The van der Waals surface area contributed by atoms with E-state index in [-0.39, 0.29) is 25.0 Å². The predicted molar refractivity (Wildman–Crippen MR) is 97.7 cm³/mol. The monoisotopic (exact) mass is 359 g/mol. The fourth-order valence-corrected chi connectivity index (χ4v) is 3.52. The molecule has 26 heavy (non-hydrogen) atoms. The molecule has 8 heteroatoms. The standard InChI is InChI=1S/C18H25N5O3/c1-4-26-16(25)9-15(24)23-8-6-12(2)14(10-23)22(3)18-13-5-7-19-17(13)20-11-21-18/h5,7,11-12,14H,4,6,8-10H2,1-3H3,(H,19,20,21). The molecule has 3 heterocycles. The summed E-state index contributed by atoms with van der Waals surface area (Å²) in [5, 5.41) is 0.956. The van der Waals surface area contributed by atoms with Crippen molar-refractivity contribution in [1.82, 2.24) is 19.9 Å². The van der Waals surface area contributed by atoms with Crippen LogP contribution in [0.5, 0.6) is 0 Å². The van der Waals surface area contributed by atoms with Crippen LogP contribution < -0.4 is 4.90 Å². The number of hydrogen-bond acceptors (Lipinski definition) is 6. The van der Waals surface area contributed by atoms with Crippen molar-refractivity contribution in [2.24, 2.45) is 5.92 Å². The van der Waals surface area contributed by atoms with E-state index in [0.29, 0.717) is 19.0 Å². The van der Waals surface area contributed by atoms with Crippen molar-refractivity contribution in [3.05, 3.63) is 18.6 Å². The number of carbonyl (C=O) groups is 2. The Hall–Kier alpha value is -2.64. The molecule has 0 spiro atoms. The quantitative estimate of drug-likeness (QED) is 0.644. The number of fused-ring (bicyclic) bond motifs is 1. The predicted octanol–water partition coefficient (Wildman–Crippen LogP) is 1.58. The minimum Gasteiger partial charge on any atom is -0.466 e. The maximum atomic E-state index is 12.4. The van der Waals surface area contributed by atoms with E-state index < -0.39 is 5.97 Å². The summed E-state index contributed by atoms with van der Waals surface area (Å²) in [7, 11) is 2.00. The number of piperidine rings is 1. The van der Waals surface area contributed by atoms with Gasteiger partial charge in [-0.15, -0.1) is 0 Å². The van der Waals surface area contributed by atoms with Crippen LogP contribution >= 0.6 is 0 Å². The summed E-state index contributed by atoms with van der Waals surface area (Å²) < 4.78 is 4.89. The fraction of sp³-hybridized carbons (Fsp3) is 0.556. The molecule has 2 aromatic heterocycles. The molecule has 0 saturated carbocycles. The van der Waals surface area contributed by atoms with Crippen LogP contribution in [0, 0.1) is 5.92 Å². The lowest BCUT2D eigenvalue weighted by Gasteiger charge is -2.42. The van der Waals surface area contributed by atoms with Crippen molar-refractivity contribution in [3.8, 4) is 0 Å². The Balaban J connectivity index is 1.75. The molecular weight excluding hydrogens is 334 g/mol. The van der Waals surface area contributed by atoms with Gasteiger partial charge in [0.15, 0.2) is 0 Å². The van der Waals surface area contributed by atoms with Crippen LogP contribution in [0.25, 0.3) is 11.0 Å². The second-order valence-electron chi connectivity index (χ2n) is 6.70. The highest BCUT2D eigenvalue weighted by molar-refractivity contribution is 5.94. The van der Waals surface area contributed by atoms with Crippen LogP contribution in [0.15, 0.2) is 18.6 Å². The lowest BCUT2D eigenvalue weighted by atomic mass is 9.92. The van der Waals surface area contributed by atoms with Gasteiger partial charge in [0.2, 0.25) is 5.91 Å². The first-order valence-corrected chi connectivity index (χ1v) is 8.95. The van der Waals surface area contributed by atoms with Crippen LogP contribution in [-0.2, 0) is 14.3 Å². The second-order valence-corrected chi connectivity index (χ2v) is 6.70. The first kappa shape index (κ1) is 18.2. The van der Waals surface area contributed by atoms with Crippen LogP contribution in [0.1, 0.15) is 26.7 Å². The van der Waals surface area contributed by atoms with Gasteiger partial charge in [0.1, 0.15) is 24.2 Å². The molecule has 140 valence electrons. The Labute approximate surface area is 152 Å². The van der Waals surface area contributed by atoms with Gasteiger partial charge in [-0.25, -0.2) is 9.97 Å². The zero-order chi connectivity index (χ0) is 18.7. The number of anilines is 1. The van der Waals surface area contributed by atoms with E-state index in [1.54, 1.807) is 18.2 Å². The minimum atomic E-state index is -0.467. The molecular formula is C18H25N5O3. The Morgan fingerprint density at radius 2 is 2.23 bits per heavy atom. The molecule has 1 aliphatic rings. The zero-order valence-corrected chi connectivity index (χ0v) is 15.4. The highest BCUT2D eigenvalue weighted by atomic mass is 16.5. The normalized spacial score (nSPS) is 20.2. The van der Waals surface area contributed by atoms with Crippen molar-refractivity contribution in [2.45, 2.75) is 32.7 Å². The number of aromatic amines is 1. The Bertz CT molecular complexity index is 790. The van der Waals surface area contributed by atoms with E-state index in [4.69, 9.17) is 4.74 Å². The largest absolute Gasteiger partial charge is 0.466 e. The molecule has 0 aliphatic carbocycles. The zero-order valence-electron chi connectivity index (χ0n) is 15.4. The third-order valence-corrected chi connectivity index (χ3v) is 5.04. The fourth-order valence-electron chi connectivity index (χ4n) is 3.52. The number of nitrogens with zero attached hydrogens (tertiary/aromatic N) is 4. The number of likely N-dealkylation sites (N-methyl/N-ethyl adjacent to an activating group) is 1. The summed E-state index contributed by atoms with van der Waals surface area (Å²) in [4.78, 5) is 39.7. The number of nitrogens with one attached hydrogen (secondary N) is 1. The summed E-state index contributed by atoms with van der Waals surface area (Å²) in [6.07, 6.45) is 4.07. The first-order chi connectivity index (χ1) is 12.5. The molecule has 2 aromatic rings. The molecule has 1 N–H and O–H groups in total. The Morgan fingerprint density at radius 3 is 3.00 bits per heavy atom. The van der Waals surface area contributed by atoms with Gasteiger partial charge >= 0.3 is 5.97 Å². The van der Waals surface area contributed by atoms with Crippen LogP contribution in [0.3, 0.4) is 0 Å². The van der Waals surface area contributed by atoms with Crippen molar-refractivity contribution in [3.63, 3.8) is 0 Å². The third kappa shape index (κ3) is 3.63. The van der Waals surface area contributed by atoms with E-state index in [1.807, 2.05) is 19.3 Å². The number of esters is 1. The molecule has 1 saturated heterocycles. The topological polar surface area (TPSA) is 91.4 Å². The third-order valence-electron chi connectivity index (χ3n) is 5.04. The van der Waals surface area contributed by atoms with Gasteiger partial charge in [-0.3, -0.25) is 9.59 Å². The summed E-state index contributed by atoms with van der Waals surface area (Å²) >= 11 is 0. The van der Waals surface area contributed by atoms with Gasteiger partial charge in [0, 0.05) is 26.3 Å². The van der Waals surface area contributed by atoms with Gasteiger partial charge in [-0.05, 0) is 25.3 Å². The minimum absolute atomic E-state index is 0.114. The lowest BCUT2D eigenvalue weighted by molar-refractivity contribution is -0.149. The Morgan fingerprint density at radius 1 is 1.42 bits per heavy atom. The molecule has 3 rings (SSSR count). The number of rotatable bonds is 5. The lowest BCUT2D eigenvalue weighted by Crippen LogP contribution is -2.53. The SMILES string of the molecule is CCOC(=O)CC(=O)N1CCC(C)C(N(C)c2ncnc3[nH]ccc23)C1. The first-order valence-electron chi connectivity index (χ1n) is 8.95. The molecule has 0 radical (unpaired) electrons. The molecule has 2 atom stereocenters. The highest BCUT2D eigenvalue weighted by Gasteiger charge is 2.33. The summed E-state index contributed by atoms with van der Waals surface area (Å²) in [6.45, 7) is 5.43. The molecule has 0 bridgehead atoms. The van der Waals surface area contributed by atoms with Crippen LogP contribution in [0.4, 0.5) is 5.82 Å². The second kappa shape index (κ2) is 7.72. The average molecular weight is 359 g/mol. The van der Waals surface area contributed by atoms with E-state index in [2.05, 4.69) is 26.8 Å². The van der Waals surface area contributed by atoms with Gasteiger partial charge in [-0.1, -0.05) is 6.92 Å². The number of carbonyl (C=O) groups excluding carboxylic acids is 2. The number of ether oxygens (including phenoxy) is 1. The maximum absolute atomic E-state index is 12.4. The molecule has 0 aromatic carbocycles. The maximum Gasteiger partial charge on any atom is 0.315 e. The van der Waals surface area contributed by atoms with E-state index in [0.717, 1.165) is 23.3 Å². The van der Waals surface area contributed by atoms with Crippen LogP contribution in [-0.4, -0.2) is 64.5 Å². The number of H-pyrrole nitrogens is 1. The van der Waals surface area contributed by atoms with E-state index in [1.165, 1.54) is 0 Å². The molecule has 1 amide bonds. The van der Waals surface area contributed by atoms with Crippen LogP contribution in [0.2, 0.25) is 0 Å². The highest BCUT2D eigenvalue weighted by Crippen LogP contribution is 2.28. The van der Waals surface area contributed by atoms with Crippen molar-refractivity contribution in [1.29, 1.82) is 0 Å². The summed E-state index contributed by atoms with van der Waals surface area (Å²) in [5.41, 5.74) is 0.792. The van der Waals surface area contributed by atoms with Crippen molar-refractivity contribution in [2.75, 3.05) is 31.6 Å². The smallest absolute Gasteiger partial charge is 0.315 e. The number of aromatic nitrogens is 3. The summed E-state index contributed by atoms with van der Waals surface area (Å²) in [6, 6.07) is 2.07. The molecule has 8 nitrogen and oxygen atoms in total. The van der Waals surface area contributed by atoms with Gasteiger partial charge in [0.25, 0.3) is 0 Å². The number of amides is 1. The van der Waals surface area contributed by atoms with E-state index in [9.17, 15) is 9.59 Å². The average Bonchev–Trinajstić information content (AvgIpc) is 3.10. The van der Waals surface area contributed by atoms with E-state index >= 15 is 0 Å². The number of likely N-dealkylation sites (tertiary alicyclic amines) is 1. The molecule has 1 aliphatic heterocycles. The number of hydrogen-bond donors (Lipinski definition) is 1.